The second-order valence-electron chi connectivity index (χ2n) is 4.95. The molecule has 0 unspecified atom stereocenters. The fraction of sp³-hybridized carbons (Fsp3) is 0.333. The highest BCUT2D eigenvalue weighted by atomic mass is 16.5. The topological polar surface area (TPSA) is 50.7 Å². The van der Waals surface area contributed by atoms with Gasteiger partial charge in [0.25, 0.3) is 0 Å². The number of aliphatic hydroxyl groups excluding tert-OH is 1. The Labute approximate surface area is 131 Å². The number of methoxy groups -OCH3 is 1. The summed E-state index contributed by atoms with van der Waals surface area (Å²) < 4.78 is 10.9. The predicted octanol–water partition coefficient (Wildman–Crippen LogP) is 2.88. The fourth-order valence-corrected chi connectivity index (χ4v) is 2.33. The van der Waals surface area contributed by atoms with Crippen LogP contribution in [0, 0.1) is 0 Å². The third-order valence-electron chi connectivity index (χ3n) is 3.46. The predicted molar refractivity (Wildman–Crippen MR) is 87.1 cm³/mol. The fourth-order valence-electron chi connectivity index (χ4n) is 2.33. The number of rotatable bonds is 8. The van der Waals surface area contributed by atoms with Gasteiger partial charge < -0.3 is 19.9 Å². The molecule has 0 bridgehead atoms. The molecule has 0 heterocycles. The molecule has 0 spiro atoms. The molecule has 4 nitrogen and oxygen atoms in total. The van der Waals surface area contributed by atoms with Crippen molar-refractivity contribution < 1.29 is 14.6 Å². The zero-order valence-corrected chi connectivity index (χ0v) is 13.1. The third-order valence-corrected chi connectivity index (χ3v) is 3.46. The first-order valence-corrected chi connectivity index (χ1v) is 7.46. The zero-order chi connectivity index (χ0) is 15.8. The van der Waals surface area contributed by atoms with Gasteiger partial charge in [0.05, 0.1) is 20.3 Å². The van der Waals surface area contributed by atoms with Gasteiger partial charge in [0.2, 0.25) is 0 Å². The van der Waals surface area contributed by atoms with Crippen LogP contribution in [-0.4, -0.2) is 18.8 Å². The molecule has 4 heteroatoms. The Kier molecular flexibility index (Phi) is 6.25. The second kappa shape index (κ2) is 8.41. The maximum atomic E-state index is 9.33. The lowest BCUT2D eigenvalue weighted by molar-refractivity contribution is 0.280. The van der Waals surface area contributed by atoms with Crippen molar-refractivity contribution >= 4 is 0 Å². The minimum Gasteiger partial charge on any atom is -0.493 e. The van der Waals surface area contributed by atoms with Gasteiger partial charge in [0.15, 0.2) is 11.5 Å². The first-order chi connectivity index (χ1) is 10.8. The molecule has 2 aromatic carbocycles. The van der Waals surface area contributed by atoms with Crippen molar-refractivity contribution in [2.75, 3.05) is 13.7 Å². The lowest BCUT2D eigenvalue weighted by Gasteiger charge is -2.12. The molecule has 0 saturated heterocycles. The Morgan fingerprint density at radius 2 is 1.77 bits per heavy atom. The number of benzene rings is 2. The lowest BCUT2D eigenvalue weighted by atomic mass is 10.1. The number of hydrogen-bond donors (Lipinski definition) is 2. The van der Waals surface area contributed by atoms with E-state index in [1.54, 1.807) is 7.11 Å². The summed E-state index contributed by atoms with van der Waals surface area (Å²) in [7, 11) is 1.64. The van der Waals surface area contributed by atoms with E-state index in [9.17, 15) is 5.11 Å². The van der Waals surface area contributed by atoms with Crippen molar-refractivity contribution in [3.05, 3.63) is 59.2 Å². The van der Waals surface area contributed by atoms with Crippen LogP contribution in [0.25, 0.3) is 0 Å². The maximum absolute atomic E-state index is 9.33. The van der Waals surface area contributed by atoms with Crippen LogP contribution in [-0.2, 0) is 19.7 Å². The molecule has 2 aromatic rings. The van der Waals surface area contributed by atoms with E-state index in [4.69, 9.17) is 9.47 Å². The Bertz CT molecular complexity index is 599. The largest absolute Gasteiger partial charge is 0.493 e. The van der Waals surface area contributed by atoms with Crippen LogP contribution >= 0.6 is 0 Å². The molecule has 2 rings (SSSR count). The normalized spacial score (nSPS) is 10.5. The molecule has 0 aromatic heterocycles. The quantitative estimate of drug-likeness (QED) is 0.787. The molecule has 0 aliphatic carbocycles. The molecule has 118 valence electrons. The van der Waals surface area contributed by atoms with Gasteiger partial charge in [-0.25, -0.2) is 0 Å². The second-order valence-corrected chi connectivity index (χ2v) is 4.95. The minimum absolute atomic E-state index is 0.0644. The van der Waals surface area contributed by atoms with Crippen LogP contribution in [0.4, 0.5) is 0 Å². The standard InChI is InChI=1S/C18H23NO3/c1-3-22-18-10-14(8-9-17(18)21-2)11-19-12-15-6-4-5-7-16(15)13-20/h4-10,19-20H,3,11-13H2,1-2H3. The average molecular weight is 301 g/mol. The van der Waals surface area contributed by atoms with E-state index in [2.05, 4.69) is 5.32 Å². The SMILES string of the molecule is CCOc1cc(CNCc2ccccc2CO)ccc1OC. The van der Waals surface area contributed by atoms with Crippen LogP contribution < -0.4 is 14.8 Å². The molecule has 0 radical (unpaired) electrons. The van der Waals surface area contributed by atoms with Gasteiger partial charge in [-0.3, -0.25) is 0 Å². The van der Waals surface area contributed by atoms with Gasteiger partial charge in [-0.05, 0) is 35.7 Å². The average Bonchev–Trinajstić information content (AvgIpc) is 2.56. The van der Waals surface area contributed by atoms with Crippen molar-refractivity contribution in [3.63, 3.8) is 0 Å². The van der Waals surface area contributed by atoms with E-state index < -0.39 is 0 Å². The van der Waals surface area contributed by atoms with Crippen molar-refractivity contribution in [2.45, 2.75) is 26.6 Å². The lowest BCUT2D eigenvalue weighted by Crippen LogP contribution is -2.14. The number of nitrogens with one attached hydrogen (secondary N) is 1. The summed E-state index contributed by atoms with van der Waals surface area (Å²) in [5, 5.41) is 12.7. The Morgan fingerprint density at radius 3 is 2.45 bits per heavy atom. The molecule has 22 heavy (non-hydrogen) atoms. The summed E-state index contributed by atoms with van der Waals surface area (Å²) in [6, 6.07) is 13.8. The highest BCUT2D eigenvalue weighted by Crippen LogP contribution is 2.28. The number of hydrogen-bond acceptors (Lipinski definition) is 4. The molecule has 0 fully saturated rings. The van der Waals surface area contributed by atoms with Crippen molar-refractivity contribution in [3.8, 4) is 11.5 Å². The summed E-state index contributed by atoms with van der Waals surface area (Å²) in [6.45, 7) is 4.07. The maximum Gasteiger partial charge on any atom is 0.161 e. The van der Waals surface area contributed by atoms with Crippen molar-refractivity contribution in [1.29, 1.82) is 0 Å². The van der Waals surface area contributed by atoms with Crippen LogP contribution in [0.5, 0.6) is 11.5 Å². The molecule has 2 N–H and O–H groups in total. The Morgan fingerprint density at radius 1 is 1.00 bits per heavy atom. The van der Waals surface area contributed by atoms with Gasteiger partial charge in [-0.15, -0.1) is 0 Å². The van der Waals surface area contributed by atoms with Gasteiger partial charge in [0, 0.05) is 13.1 Å². The van der Waals surface area contributed by atoms with Gasteiger partial charge >= 0.3 is 0 Å². The van der Waals surface area contributed by atoms with E-state index in [1.807, 2.05) is 49.4 Å². The summed E-state index contributed by atoms with van der Waals surface area (Å²) in [4.78, 5) is 0. The third kappa shape index (κ3) is 4.23. The van der Waals surface area contributed by atoms with E-state index in [0.29, 0.717) is 13.2 Å². The highest BCUT2D eigenvalue weighted by molar-refractivity contribution is 5.43. The molecule has 0 amide bonds. The van der Waals surface area contributed by atoms with Gasteiger partial charge in [-0.1, -0.05) is 30.3 Å². The monoisotopic (exact) mass is 301 g/mol. The van der Waals surface area contributed by atoms with Crippen LogP contribution in [0.2, 0.25) is 0 Å². The molecule has 0 aliphatic heterocycles. The molecular weight excluding hydrogens is 278 g/mol. The van der Waals surface area contributed by atoms with Gasteiger partial charge in [0.1, 0.15) is 0 Å². The van der Waals surface area contributed by atoms with E-state index >= 15 is 0 Å². The Hall–Kier alpha value is -2.04. The van der Waals surface area contributed by atoms with Crippen molar-refractivity contribution in [1.82, 2.24) is 5.32 Å². The summed E-state index contributed by atoms with van der Waals surface area (Å²) >= 11 is 0. The van der Waals surface area contributed by atoms with E-state index in [0.717, 1.165) is 34.7 Å². The van der Waals surface area contributed by atoms with E-state index in [1.165, 1.54) is 0 Å². The molecule has 0 aliphatic rings. The van der Waals surface area contributed by atoms with Crippen LogP contribution in [0.3, 0.4) is 0 Å². The van der Waals surface area contributed by atoms with Crippen LogP contribution in [0.15, 0.2) is 42.5 Å². The van der Waals surface area contributed by atoms with Crippen molar-refractivity contribution in [2.24, 2.45) is 0 Å². The zero-order valence-electron chi connectivity index (χ0n) is 13.1. The van der Waals surface area contributed by atoms with Crippen LogP contribution in [0.1, 0.15) is 23.6 Å². The molecule has 0 saturated carbocycles. The highest BCUT2D eigenvalue weighted by Gasteiger charge is 2.06. The van der Waals surface area contributed by atoms with E-state index in [-0.39, 0.29) is 6.61 Å². The number of ether oxygens (including phenoxy) is 2. The summed E-state index contributed by atoms with van der Waals surface area (Å²) in [6.07, 6.45) is 0. The molecular formula is C18H23NO3. The molecule has 0 atom stereocenters. The minimum atomic E-state index is 0.0644. The number of aliphatic hydroxyl groups is 1. The first-order valence-electron chi connectivity index (χ1n) is 7.46. The summed E-state index contributed by atoms with van der Waals surface area (Å²) in [5.41, 5.74) is 3.20. The van der Waals surface area contributed by atoms with Gasteiger partial charge in [-0.2, -0.15) is 0 Å². The smallest absolute Gasteiger partial charge is 0.161 e. The Balaban J connectivity index is 1.98. The summed E-state index contributed by atoms with van der Waals surface area (Å²) in [5.74, 6) is 1.51. The first kappa shape index (κ1) is 16.3.